The minimum Gasteiger partial charge on any atom is -0.313 e. The summed E-state index contributed by atoms with van der Waals surface area (Å²) >= 11 is 1.50. The van der Waals surface area contributed by atoms with Gasteiger partial charge in [-0.05, 0) is 48.9 Å². The number of ketones is 1. The molecule has 0 aliphatic rings. The number of amides is 1. The number of nitrogens with one attached hydrogen (secondary N) is 1. The minimum absolute atomic E-state index is 0.107. The van der Waals surface area contributed by atoms with Gasteiger partial charge in [0.05, 0.1) is 29.5 Å². The van der Waals surface area contributed by atoms with E-state index >= 15 is 0 Å². The number of rotatable bonds is 6. The van der Waals surface area contributed by atoms with Gasteiger partial charge in [-0.25, -0.2) is 14.8 Å². The smallest absolute Gasteiger partial charge is 0.246 e. The van der Waals surface area contributed by atoms with E-state index in [1.54, 1.807) is 10.6 Å². The molecule has 5 rings (SSSR count). The number of thiazole rings is 1. The van der Waals surface area contributed by atoms with Crippen LogP contribution in [0.4, 0.5) is 4.39 Å². The van der Waals surface area contributed by atoms with Crippen LogP contribution < -0.4 is 5.43 Å². The summed E-state index contributed by atoms with van der Waals surface area (Å²) in [6.07, 6.45) is 7.14. The second-order valence-electron chi connectivity index (χ2n) is 7.47. The SMILES string of the molecule is Cc1c(/C=N/NC(=O)Cc2cn3ccsc3n2)c2ccccn2c1C(=O)c1ccc(F)cc1. The van der Waals surface area contributed by atoms with E-state index in [0.717, 1.165) is 10.5 Å². The Balaban J connectivity index is 1.39. The molecule has 0 saturated carbocycles. The van der Waals surface area contributed by atoms with Gasteiger partial charge in [-0.1, -0.05) is 6.07 Å². The highest BCUT2D eigenvalue weighted by molar-refractivity contribution is 7.15. The molecule has 0 atom stereocenters. The monoisotopic (exact) mass is 459 g/mol. The van der Waals surface area contributed by atoms with Crippen LogP contribution in [-0.4, -0.2) is 31.7 Å². The molecule has 4 heterocycles. The summed E-state index contributed by atoms with van der Waals surface area (Å²) in [6, 6.07) is 11.0. The topological polar surface area (TPSA) is 80.2 Å². The van der Waals surface area contributed by atoms with Crippen LogP contribution in [0.2, 0.25) is 0 Å². The Bertz CT molecular complexity index is 1500. The van der Waals surface area contributed by atoms with Crippen molar-refractivity contribution in [2.75, 3.05) is 0 Å². The third-order valence-corrected chi connectivity index (χ3v) is 6.10. The van der Waals surface area contributed by atoms with E-state index in [2.05, 4.69) is 15.5 Å². The van der Waals surface area contributed by atoms with Gasteiger partial charge in [0.15, 0.2) is 4.96 Å². The number of aromatic nitrogens is 3. The molecule has 7 nitrogen and oxygen atoms in total. The lowest BCUT2D eigenvalue weighted by atomic mass is 10.0. The van der Waals surface area contributed by atoms with Crippen molar-refractivity contribution >= 4 is 39.7 Å². The Hall–Kier alpha value is -4.11. The molecule has 1 amide bonds. The predicted octanol–water partition coefficient (Wildman–Crippen LogP) is 4.02. The molecular weight excluding hydrogens is 441 g/mol. The first-order valence-electron chi connectivity index (χ1n) is 10.1. The highest BCUT2D eigenvalue weighted by Crippen LogP contribution is 2.24. The standard InChI is InChI=1S/C24H18FN5O2S/c1-15-19(13-26-28-21(31)12-18-14-29-10-11-33-24(29)27-18)20-4-2-3-9-30(20)22(15)23(32)16-5-7-17(25)8-6-16/h2-11,13-14H,12H2,1H3,(H,28,31)/b26-13+. The first-order valence-corrected chi connectivity index (χ1v) is 11.0. The van der Waals surface area contributed by atoms with Crippen LogP contribution in [0.15, 0.2) is 71.5 Å². The van der Waals surface area contributed by atoms with Gasteiger partial charge in [-0.15, -0.1) is 11.3 Å². The van der Waals surface area contributed by atoms with Crippen LogP contribution in [0.3, 0.4) is 0 Å². The number of nitrogens with zero attached hydrogens (tertiary/aromatic N) is 4. The van der Waals surface area contributed by atoms with Crippen molar-refractivity contribution in [3.05, 3.63) is 100 Å². The van der Waals surface area contributed by atoms with Crippen molar-refractivity contribution in [3.8, 4) is 0 Å². The van der Waals surface area contributed by atoms with Crippen molar-refractivity contribution in [2.45, 2.75) is 13.3 Å². The summed E-state index contributed by atoms with van der Waals surface area (Å²) in [4.78, 5) is 30.7. The number of benzene rings is 1. The van der Waals surface area contributed by atoms with Gasteiger partial charge in [0.1, 0.15) is 5.82 Å². The average molecular weight is 460 g/mol. The van der Waals surface area contributed by atoms with Crippen molar-refractivity contribution in [2.24, 2.45) is 5.10 Å². The van der Waals surface area contributed by atoms with Gasteiger partial charge in [0.25, 0.3) is 0 Å². The number of pyridine rings is 1. The van der Waals surface area contributed by atoms with Crippen LogP contribution in [0, 0.1) is 12.7 Å². The Labute approximate surface area is 191 Å². The lowest BCUT2D eigenvalue weighted by Crippen LogP contribution is -2.20. The van der Waals surface area contributed by atoms with Gasteiger partial charge >= 0.3 is 0 Å². The normalized spacial score (nSPS) is 11.6. The summed E-state index contributed by atoms with van der Waals surface area (Å²) in [5.74, 6) is -0.917. The third kappa shape index (κ3) is 3.94. The molecule has 4 aromatic heterocycles. The number of hydrogen-bond acceptors (Lipinski definition) is 5. The number of carbonyl (C=O) groups excluding carboxylic acids is 2. The number of halogens is 1. The minimum atomic E-state index is -0.401. The summed E-state index contributed by atoms with van der Waals surface area (Å²) in [7, 11) is 0. The van der Waals surface area contributed by atoms with Gasteiger partial charge in [-0.2, -0.15) is 5.10 Å². The number of hydrogen-bond donors (Lipinski definition) is 1. The maximum Gasteiger partial charge on any atom is 0.246 e. The quantitative estimate of drug-likeness (QED) is 0.237. The highest BCUT2D eigenvalue weighted by Gasteiger charge is 2.21. The molecule has 0 radical (unpaired) electrons. The number of hydrazone groups is 1. The molecule has 33 heavy (non-hydrogen) atoms. The number of imidazole rings is 1. The van der Waals surface area contributed by atoms with E-state index in [0.29, 0.717) is 28.1 Å². The van der Waals surface area contributed by atoms with Crippen LogP contribution >= 0.6 is 11.3 Å². The van der Waals surface area contributed by atoms with Crippen LogP contribution in [0.25, 0.3) is 10.5 Å². The molecule has 0 fully saturated rings. The molecule has 0 saturated heterocycles. The van der Waals surface area contributed by atoms with Crippen molar-refractivity contribution < 1.29 is 14.0 Å². The molecule has 5 aromatic rings. The molecule has 0 bridgehead atoms. The zero-order valence-corrected chi connectivity index (χ0v) is 18.3. The third-order valence-electron chi connectivity index (χ3n) is 5.33. The van der Waals surface area contributed by atoms with Crippen LogP contribution in [-0.2, 0) is 11.2 Å². The number of fused-ring (bicyclic) bond motifs is 2. The zero-order chi connectivity index (χ0) is 22.9. The fourth-order valence-electron chi connectivity index (χ4n) is 3.77. The summed E-state index contributed by atoms with van der Waals surface area (Å²) in [6.45, 7) is 1.82. The average Bonchev–Trinajstić information content (AvgIpc) is 3.46. The Morgan fingerprint density at radius 1 is 1.18 bits per heavy atom. The zero-order valence-electron chi connectivity index (χ0n) is 17.5. The van der Waals surface area contributed by atoms with Crippen molar-refractivity contribution in [1.29, 1.82) is 0 Å². The second kappa shape index (κ2) is 8.44. The van der Waals surface area contributed by atoms with E-state index in [-0.39, 0.29) is 18.1 Å². The highest BCUT2D eigenvalue weighted by atomic mass is 32.1. The van der Waals surface area contributed by atoms with E-state index in [1.165, 1.54) is 41.8 Å². The lowest BCUT2D eigenvalue weighted by Gasteiger charge is -2.04. The molecule has 9 heteroatoms. The Morgan fingerprint density at radius 2 is 2.00 bits per heavy atom. The first kappa shape index (κ1) is 20.8. The Kier molecular flexibility index (Phi) is 5.31. The molecular formula is C24H18FN5O2S. The van der Waals surface area contributed by atoms with Gasteiger partial charge in [0, 0.05) is 35.1 Å². The maximum atomic E-state index is 13.3. The van der Waals surface area contributed by atoms with Crippen LogP contribution in [0.1, 0.15) is 32.9 Å². The van der Waals surface area contributed by atoms with Gasteiger partial charge < -0.3 is 4.40 Å². The molecule has 1 aromatic carbocycles. The molecule has 0 spiro atoms. The van der Waals surface area contributed by atoms with Crippen molar-refractivity contribution in [1.82, 2.24) is 19.2 Å². The van der Waals surface area contributed by atoms with E-state index in [1.807, 2.05) is 47.3 Å². The fraction of sp³-hybridized carbons (Fsp3) is 0.0833. The van der Waals surface area contributed by atoms with Gasteiger partial charge in [-0.3, -0.25) is 14.0 Å². The summed E-state index contributed by atoms with van der Waals surface area (Å²) < 4.78 is 16.9. The summed E-state index contributed by atoms with van der Waals surface area (Å²) in [5.41, 5.74) is 6.24. The predicted molar refractivity (Wildman–Crippen MR) is 124 cm³/mol. The Morgan fingerprint density at radius 3 is 2.79 bits per heavy atom. The molecule has 0 unspecified atom stereocenters. The maximum absolute atomic E-state index is 13.3. The summed E-state index contributed by atoms with van der Waals surface area (Å²) in [5, 5.41) is 6.04. The van der Waals surface area contributed by atoms with E-state index in [9.17, 15) is 14.0 Å². The largest absolute Gasteiger partial charge is 0.313 e. The van der Waals surface area contributed by atoms with Gasteiger partial charge in [0.2, 0.25) is 11.7 Å². The fourth-order valence-corrected chi connectivity index (χ4v) is 4.49. The van der Waals surface area contributed by atoms with E-state index in [4.69, 9.17) is 0 Å². The molecule has 0 aliphatic heterocycles. The van der Waals surface area contributed by atoms with E-state index < -0.39 is 5.82 Å². The van der Waals surface area contributed by atoms with Crippen LogP contribution in [0.5, 0.6) is 0 Å². The number of carbonyl (C=O) groups is 2. The second-order valence-corrected chi connectivity index (χ2v) is 8.35. The molecule has 0 aliphatic carbocycles. The van der Waals surface area contributed by atoms with Crippen molar-refractivity contribution in [3.63, 3.8) is 0 Å². The molecule has 1 N–H and O–H groups in total. The lowest BCUT2D eigenvalue weighted by molar-refractivity contribution is -0.120. The first-order chi connectivity index (χ1) is 16.0. The molecule has 164 valence electrons.